The minimum absolute atomic E-state index is 0.0287. The average molecular weight is 498 g/mol. The minimum Gasteiger partial charge on any atom is -0.497 e. The largest absolute Gasteiger partial charge is 0.497 e. The fourth-order valence-electron chi connectivity index (χ4n) is 3.14. The van der Waals surface area contributed by atoms with E-state index in [-0.39, 0.29) is 16.6 Å². The maximum atomic E-state index is 13.1. The highest BCUT2D eigenvalue weighted by Crippen LogP contribution is 2.36. The van der Waals surface area contributed by atoms with Crippen molar-refractivity contribution in [2.75, 3.05) is 7.11 Å². The van der Waals surface area contributed by atoms with E-state index in [1.165, 1.54) is 30.2 Å². The Morgan fingerprint density at radius 3 is 2.33 bits per heavy atom. The first kappa shape index (κ1) is 23.0. The number of benzene rings is 3. The van der Waals surface area contributed by atoms with Gasteiger partial charge in [-0.05, 0) is 42.0 Å². The Balaban J connectivity index is 1.66. The Bertz CT molecular complexity index is 1320. The number of methoxy groups -OCH3 is 1. The standard InChI is InChI=1S/C24H19NO5S3/c1-29-19-12-13-21(30-33(27,28)20-10-6-3-7-11-20)18(14-19)15-22-23(26)25(24(31)32-22)16-17-8-4-2-5-9-17/h2-15H,16H2,1H3/b22-15-. The zero-order valence-electron chi connectivity index (χ0n) is 17.5. The molecule has 0 aliphatic carbocycles. The van der Waals surface area contributed by atoms with Gasteiger partial charge in [0.15, 0.2) is 5.75 Å². The molecule has 33 heavy (non-hydrogen) atoms. The van der Waals surface area contributed by atoms with Crippen LogP contribution in [0, 0.1) is 0 Å². The summed E-state index contributed by atoms with van der Waals surface area (Å²) in [6, 6.07) is 22.1. The number of hydrogen-bond acceptors (Lipinski definition) is 7. The van der Waals surface area contributed by atoms with Crippen molar-refractivity contribution in [1.82, 2.24) is 4.90 Å². The van der Waals surface area contributed by atoms with Crippen LogP contribution in [0.1, 0.15) is 11.1 Å². The lowest BCUT2D eigenvalue weighted by atomic mass is 10.1. The van der Waals surface area contributed by atoms with Gasteiger partial charge in [-0.1, -0.05) is 72.5 Å². The van der Waals surface area contributed by atoms with Crippen LogP contribution >= 0.6 is 24.0 Å². The molecule has 4 rings (SSSR count). The Morgan fingerprint density at radius 2 is 1.67 bits per heavy atom. The van der Waals surface area contributed by atoms with Gasteiger partial charge >= 0.3 is 10.1 Å². The first-order valence-electron chi connectivity index (χ1n) is 9.84. The first-order chi connectivity index (χ1) is 15.9. The molecule has 0 unspecified atom stereocenters. The number of thioether (sulfide) groups is 1. The molecule has 6 nitrogen and oxygen atoms in total. The Labute approximate surface area is 202 Å². The van der Waals surface area contributed by atoms with Crippen LogP contribution in [-0.4, -0.2) is 30.7 Å². The van der Waals surface area contributed by atoms with E-state index in [4.69, 9.17) is 21.1 Å². The summed E-state index contributed by atoms with van der Waals surface area (Å²) in [6.45, 7) is 0.354. The third kappa shape index (κ3) is 5.27. The summed E-state index contributed by atoms with van der Waals surface area (Å²) >= 11 is 6.57. The molecule has 0 N–H and O–H groups in total. The normalized spacial score (nSPS) is 15.2. The molecule has 1 aliphatic heterocycles. The monoisotopic (exact) mass is 497 g/mol. The Morgan fingerprint density at radius 1 is 1.00 bits per heavy atom. The van der Waals surface area contributed by atoms with Crippen molar-refractivity contribution in [3.8, 4) is 11.5 Å². The van der Waals surface area contributed by atoms with Crippen molar-refractivity contribution < 1.29 is 22.1 Å². The van der Waals surface area contributed by atoms with Gasteiger partial charge in [0.25, 0.3) is 5.91 Å². The summed E-state index contributed by atoms with van der Waals surface area (Å²) in [7, 11) is -2.56. The molecular weight excluding hydrogens is 478 g/mol. The maximum absolute atomic E-state index is 13.1. The van der Waals surface area contributed by atoms with Gasteiger partial charge in [0.2, 0.25) is 0 Å². The number of rotatable bonds is 7. The quantitative estimate of drug-likeness (QED) is 0.262. The summed E-state index contributed by atoms with van der Waals surface area (Å²) < 4.78 is 36.6. The van der Waals surface area contributed by atoms with Crippen LogP contribution < -0.4 is 8.92 Å². The summed E-state index contributed by atoms with van der Waals surface area (Å²) in [6.07, 6.45) is 1.57. The molecule has 0 radical (unpaired) electrons. The SMILES string of the molecule is COc1ccc(OS(=O)(=O)c2ccccc2)c(/C=C2\SC(=S)N(Cc3ccccc3)C2=O)c1. The van der Waals surface area contributed by atoms with Crippen molar-refractivity contribution in [1.29, 1.82) is 0 Å². The van der Waals surface area contributed by atoms with Gasteiger partial charge in [0, 0.05) is 5.56 Å². The molecule has 1 amide bonds. The molecule has 1 aliphatic rings. The first-order valence-corrected chi connectivity index (χ1v) is 12.5. The zero-order chi connectivity index (χ0) is 23.4. The highest BCUT2D eigenvalue weighted by atomic mass is 32.2. The van der Waals surface area contributed by atoms with Gasteiger partial charge in [-0.3, -0.25) is 9.69 Å². The Kier molecular flexibility index (Phi) is 6.83. The number of ether oxygens (including phenoxy) is 1. The summed E-state index contributed by atoms with van der Waals surface area (Å²) in [5.74, 6) is 0.312. The lowest BCUT2D eigenvalue weighted by molar-refractivity contribution is -0.122. The third-order valence-corrected chi connectivity index (χ3v) is 7.42. The van der Waals surface area contributed by atoms with Gasteiger partial charge in [-0.25, -0.2) is 0 Å². The molecule has 9 heteroatoms. The van der Waals surface area contributed by atoms with Gasteiger partial charge in [-0.2, -0.15) is 8.42 Å². The molecule has 0 atom stereocenters. The van der Waals surface area contributed by atoms with Crippen LogP contribution in [0.25, 0.3) is 6.08 Å². The summed E-state index contributed by atoms with van der Waals surface area (Å²) in [5, 5.41) is 0. The van der Waals surface area contributed by atoms with Crippen molar-refractivity contribution in [3.63, 3.8) is 0 Å². The number of nitrogens with zero attached hydrogens (tertiary/aromatic N) is 1. The number of carbonyl (C=O) groups excluding carboxylic acids is 1. The summed E-state index contributed by atoms with van der Waals surface area (Å²) in [4.78, 5) is 15.0. The molecule has 0 bridgehead atoms. The molecule has 3 aromatic carbocycles. The van der Waals surface area contributed by atoms with Crippen LogP contribution in [0.15, 0.2) is 88.7 Å². The van der Waals surface area contributed by atoms with Crippen molar-refractivity contribution >= 4 is 50.4 Å². The lowest BCUT2D eigenvalue weighted by Gasteiger charge is -2.14. The average Bonchev–Trinajstić information content (AvgIpc) is 3.08. The smallest absolute Gasteiger partial charge is 0.339 e. The number of carbonyl (C=O) groups is 1. The van der Waals surface area contributed by atoms with Crippen molar-refractivity contribution in [3.05, 3.63) is 94.9 Å². The summed E-state index contributed by atoms with van der Waals surface area (Å²) in [5.41, 5.74) is 1.34. The second kappa shape index (κ2) is 9.78. The van der Waals surface area contributed by atoms with E-state index >= 15 is 0 Å². The lowest BCUT2D eigenvalue weighted by Crippen LogP contribution is -2.27. The van der Waals surface area contributed by atoms with E-state index < -0.39 is 10.1 Å². The molecule has 3 aromatic rings. The molecule has 0 aromatic heterocycles. The van der Waals surface area contributed by atoms with E-state index in [1.54, 1.807) is 36.4 Å². The van der Waals surface area contributed by atoms with Crippen LogP contribution in [0.3, 0.4) is 0 Å². The van der Waals surface area contributed by atoms with Gasteiger partial charge in [-0.15, -0.1) is 0 Å². The second-order valence-electron chi connectivity index (χ2n) is 7.01. The van der Waals surface area contributed by atoms with Crippen LogP contribution in [-0.2, 0) is 21.5 Å². The van der Waals surface area contributed by atoms with Crippen LogP contribution in [0.4, 0.5) is 0 Å². The van der Waals surface area contributed by atoms with Crippen molar-refractivity contribution in [2.24, 2.45) is 0 Å². The van der Waals surface area contributed by atoms with E-state index in [9.17, 15) is 13.2 Å². The molecule has 1 fully saturated rings. The van der Waals surface area contributed by atoms with Crippen molar-refractivity contribution in [2.45, 2.75) is 11.4 Å². The maximum Gasteiger partial charge on any atom is 0.339 e. The fourth-order valence-corrected chi connectivity index (χ4v) is 5.36. The zero-order valence-corrected chi connectivity index (χ0v) is 20.0. The molecule has 1 saturated heterocycles. The van der Waals surface area contributed by atoms with E-state index in [0.717, 1.165) is 17.3 Å². The minimum atomic E-state index is -4.06. The van der Waals surface area contributed by atoms with Gasteiger partial charge in [0.05, 0.1) is 18.6 Å². The van der Waals surface area contributed by atoms with Crippen LogP contribution in [0.2, 0.25) is 0 Å². The predicted molar refractivity (Wildman–Crippen MR) is 132 cm³/mol. The van der Waals surface area contributed by atoms with E-state index in [0.29, 0.717) is 27.1 Å². The number of thiocarbonyl (C=S) groups is 1. The number of hydrogen-bond donors (Lipinski definition) is 0. The Hall–Kier alpha value is -3.14. The second-order valence-corrected chi connectivity index (χ2v) is 10.2. The van der Waals surface area contributed by atoms with Gasteiger partial charge < -0.3 is 8.92 Å². The third-order valence-electron chi connectivity index (χ3n) is 4.79. The predicted octanol–water partition coefficient (Wildman–Crippen LogP) is 4.86. The molecular formula is C24H19NO5S3. The molecule has 0 saturated carbocycles. The topological polar surface area (TPSA) is 72.9 Å². The molecule has 168 valence electrons. The van der Waals surface area contributed by atoms with Gasteiger partial charge in [0.1, 0.15) is 15.0 Å². The molecule has 0 spiro atoms. The van der Waals surface area contributed by atoms with E-state index in [1.807, 2.05) is 30.3 Å². The highest BCUT2D eigenvalue weighted by Gasteiger charge is 2.32. The fraction of sp³-hybridized carbons (Fsp3) is 0.0833. The highest BCUT2D eigenvalue weighted by molar-refractivity contribution is 8.26. The van der Waals surface area contributed by atoms with E-state index in [2.05, 4.69) is 0 Å². The van der Waals surface area contributed by atoms with Crippen LogP contribution in [0.5, 0.6) is 11.5 Å². The molecule has 1 heterocycles. The number of amides is 1.